The second kappa shape index (κ2) is 10.1. The number of aromatic nitrogens is 2. The predicted molar refractivity (Wildman–Crippen MR) is 107 cm³/mol. The molecule has 0 aliphatic carbocycles. The first-order chi connectivity index (χ1) is 14.0. The zero-order valence-electron chi connectivity index (χ0n) is 15.0. The molecule has 0 atom stereocenters. The predicted octanol–water partition coefficient (Wildman–Crippen LogP) is 4.12. The Morgan fingerprint density at radius 3 is 2.72 bits per heavy atom. The van der Waals surface area contributed by atoms with Crippen molar-refractivity contribution in [3.8, 4) is 0 Å². The molecular formula is C19H16F2N4O2S2. The van der Waals surface area contributed by atoms with Gasteiger partial charge < -0.3 is 10.6 Å². The molecule has 0 spiro atoms. The SMILES string of the molecule is O=C(CCCNC(=O)c1ccc(F)cc1F)Nc1ccccc1Sc1nncs1. The molecule has 2 amide bonds. The summed E-state index contributed by atoms with van der Waals surface area (Å²) in [6.45, 7) is 0.185. The summed E-state index contributed by atoms with van der Waals surface area (Å²) in [4.78, 5) is 25.0. The third-order valence-corrected chi connectivity index (χ3v) is 5.59. The Bertz CT molecular complexity index is 1000. The van der Waals surface area contributed by atoms with E-state index in [0.717, 1.165) is 21.4 Å². The molecule has 0 fully saturated rings. The molecular weight excluding hydrogens is 418 g/mol. The Morgan fingerprint density at radius 1 is 1.14 bits per heavy atom. The van der Waals surface area contributed by atoms with Crippen LogP contribution in [0.2, 0.25) is 0 Å². The fraction of sp³-hybridized carbons (Fsp3) is 0.158. The van der Waals surface area contributed by atoms with Crippen LogP contribution < -0.4 is 10.6 Å². The number of amides is 2. The van der Waals surface area contributed by atoms with Crippen molar-refractivity contribution >= 4 is 40.6 Å². The molecule has 0 unspecified atom stereocenters. The van der Waals surface area contributed by atoms with Gasteiger partial charge in [0.25, 0.3) is 5.91 Å². The largest absolute Gasteiger partial charge is 0.352 e. The standard InChI is InChI=1S/C19H16F2N4O2S2/c20-12-7-8-13(14(21)10-12)18(27)22-9-3-6-17(26)24-15-4-1-2-5-16(15)29-19-25-23-11-28-19/h1-2,4-5,7-8,10-11H,3,6,9H2,(H,22,27)(H,24,26). The molecule has 0 saturated carbocycles. The van der Waals surface area contributed by atoms with Gasteiger partial charge in [0.05, 0.1) is 11.3 Å². The van der Waals surface area contributed by atoms with Crippen LogP contribution in [0.3, 0.4) is 0 Å². The maximum Gasteiger partial charge on any atom is 0.254 e. The number of nitrogens with zero attached hydrogens (tertiary/aromatic N) is 2. The fourth-order valence-corrected chi connectivity index (χ4v) is 3.91. The van der Waals surface area contributed by atoms with Crippen LogP contribution in [0.15, 0.2) is 57.2 Å². The second-order valence-corrected chi connectivity index (χ2v) is 7.96. The normalized spacial score (nSPS) is 10.6. The molecule has 1 aromatic heterocycles. The highest BCUT2D eigenvalue weighted by molar-refractivity contribution is 8.01. The Kier molecular flexibility index (Phi) is 7.25. The highest BCUT2D eigenvalue weighted by Gasteiger charge is 2.13. The number of hydrogen-bond donors (Lipinski definition) is 2. The van der Waals surface area contributed by atoms with Crippen LogP contribution in [-0.4, -0.2) is 28.6 Å². The average Bonchev–Trinajstić information content (AvgIpc) is 3.20. The second-order valence-electron chi connectivity index (χ2n) is 5.83. The van der Waals surface area contributed by atoms with Crippen molar-refractivity contribution in [2.75, 3.05) is 11.9 Å². The Labute approximate surface area is 173 Å². The highest BCUT2D eigenvalue weighted by atomic mass is 32.2. The van der Waals surface area contributed by atoms with Gasteiger partial charge in [-0.1, -0.05) is 35.2 Å². The van der Waals surface area contributed by atoms with Gasteiger partial charge in [-0.15, -0.1) is 10.2 Å². The smallest absolute Gasteiger partial charge is 0.254 e. The quantitative estimate of drug-likeness (QED) is 0.521. The highest BCUT2D eigenvalue weighted by Crippen LogP contribution is 2.33. The minimum absolute atomic E-state index is 0.171. The molecule has 1 heterocycles. The van der Waals surface area contributed by atoms with Crippen LogP contribution in [0, 0.1) is 11.6 Å². The summed E-state index contributed by atoms with van der Waals surface area (Å²) in [7, 11) is 0. The fourth-order valence-electron chi connectivity index (χ4n) is 2.39. The molecule has 0 saturated heterocycles. The minimum Gasteiger partial charge on any atom is -0.352 e. The van der Waals surface area contributed by atoms with Gasteiger partial charge in [0.2, 0.25) is 5.91 Å². The van der Waals surface area contributed by atoms with E-state index in [-0.39, 0.29) is 24.4 Å². The third-order valence-electron chi connectivity index (χ3n) is 3.74. The number of benzene rings is 2. The first kappa shape index (κ1) is 20.9. The summed E-state index contributed by atoms with van der Waals surface area (Å²) in [6.07, 6.45) is 0.538. The zero-order chi connectivity index (χ0) is 20.6. The number of nitrogens with one attached hydrogen (secondary N) is 2. The molecule has 0 radical (unpaired) electrons. The molecule has 150 valence electrons. The Balaban J connectivity index is 1.46. The number of halogens is 2. The molecule has 3 aromatic rings. The van der Waals surface area contributed by atoms with Crippen molar-refractivity contribution in [3.05, 3.63) is 65.2 Å². The maximum absolute atomic E-state index is 13.6. The van der Waals surface area contributed by atoms with E-state index < -0.39 is 17.5 Å². The number of carbonyl (C=O) groups excluding carboxylic acids is 2. The number of rotatable bonds is 8. The van der Waals surface area contributed by atoms with Crippen molar-refractivity contribution in [2.24, 2.45) is 0 Å². The zero-order valence-corrected chi connectivity index (χ0v) is 16.7. The van der Waals surface area contributed by atoms with Crippen LogP contribution in [-0.2, 0) is 4.79 Å². The number of para-hydroxylation sites is 1. The molecule has 0 bridgehead atoms. The number of anilines is 1. The lowest BCUT2D eigenvalue weighted by molar-refractivity contribution is -0.116. The summed E-state index contributed by atoms with van der Waals surface area (Å²) < 4.78 is 27.2. The molecule has 10 heteroatoms. The van der Waals surface area contributed by atoms with Crippen LogP contribution in [0.25, 0.3) is 0 Å². The molecule has 3 rings (SSSR count). The van der Waals surface area contributed by atoms with Crippen molar-refractivity contribution < 1.29 is 18.4 Å². The van der Waals surface area contributed by atoms with Gasteiger partial charge in [-0.3, -0.25) is 9.59 Å². The molecule has 29 heavy (non-hydrogen) atoms. The number of hydrogen-bond acceptors (Lipinski definition) is 6. The summed E-state index contributed by atoms with van der Waals surface area (Å²) in [5.41, 5.74) is 2.06. The van der Waals surface area contributed by atoms with E-state index in [9.17, 15) is 18.4 Å². The van der Waals surface area contributed by atoms with Crippen molar-refractivity contribution in [3.63, 3.8) is 0 Å². The van der Waals surface area contributed by atoms with Crippen LogP contribution in [0.1, 0.15) is 23.2 Å². The molecule has 6 nitrogen and oxygen atoms in total. The van der Waals surface area contributed by atoms with Gasteiger partial charge in [0.1, 0.15) is 17.1 Å². The van der Waals surface area contributed by atoms with Gasteiger partial charge >= 0.3 is 0 Å². The van der Waals surface area contributed by atoms with Gasteiger partial charge in [0.15, 0.2) is 4.34 Å². The molecule has 0 aliphatic heterocycles. The summed E-state index contributed by atoms with van der Waals surface area (Å²) >= 11 is 2.81. The third kappa shape index (κ3) is 6.06. The first-order valence-corrected chi connectivity index (χ1v) is 10.3. The molecule has 2 aromatic carbocycles. The van der Waals surface area contributed by atoms with Crippen LogP contribution in [0.4, 0.5) is 14.5 Å². The topological polar surface area (TPSA) is 84.0 Å². The maximum atomic E-state index is 13.6. The summed E-state index contributed by atoms with van der Waals surface area (Å²) in [5, 5.41) is 13.1. The van der Waals surface area contributed by atoms with Crippen molar-refractivity contribution in [1.29, 1.82) is 0 Å². The molecule has 0 aliphatic rings. The van der Waals surface area contributed by atoms with E-state index >= 15 is 0 Å². The van der Waals surface area contributed by atoms with Gasteiger partial charge in [0, 0.05) is 23.9 Å². The number of carbonyl (C=O) groups is 2. The first-order valence-electron chi connectivity index (χ1n) is 8.59. The lowest BCUT2D eigenvalue weighted by Gasteiger charge is -2.10. The Morgan fingerprint density at radius 2 is 1.97 bits per heavy atom. The monoisotopic (exact) mass is 434 g/mol. The molecule has 2 N–H and O–H groups in total. The van der Waals surface area contributed by atoms with E-state index in [1.54, 1.807) is 11.6 Å². The summed E-state index contributed by atoms with van der Waals surface area (Å²) in [6, 6.07) is 10.1. The minimum atomic E-state index is -0.926. The van der Waals surface area contributed by atoms with Crippen LogP contribution >= 0.6 is 23.1 Å². The summed E-state index contributed by atoms with van der Waals surface area (Å²) in [5.74, 6) is -2.54. The van der Waals surface area contributed by atoms with Gasteiger partial charge in [-0.2, -0.15) is 0 Å². The van der Waals surface area contributed by atoms with Gasteiger partial charge in [-0.25, -0.2) is 8.78 Å². The van der Waals surface area contributed by atoms with Crippen molar-refractivity contribution in [2.45, 2.75) is 22.1 Å². The van der Waals surface area contributed by atoms with Gasteiger partial charge in [-0.05, 0) is 30.7 Å². The van der Waals surface area contributed by atoms with E-state index in [0.29, 0.717) is 18.2 Å². The average molecular weight is 434 g/mol. The van der Waals surface area contributed by atoms with E-state index in [1.165, 1.54) is 23.1 Å². The van der Waals surface area contributed by atoms with E-state index in [4.69, 9.17) is 0 Å². The Hall–Kier alpha value is -2.85. The van der Waals surface area contributed by atoms with Crippen LogP contribution in [0.5, 0.6) is 0 Å². The van der Waals surface area contributed by atoms with E-state index in [1.807, 2.05) is 18.2 Å². The lowest BCUT2D eigenvalue weighted by atomic mass is 10.2. The van der Waals surface area contributed by atoms with Crippen molar-refractivity contribution in [1.82, 2.24) is 15.5 Å². The lowest BCUT2D eigenvalue weighted by Crippen LogP contribution is -2.26. The van der Waals surface area contributed by atoms with E-state index in [2.05, 4.69) is 20.8 Å².